The largest absolute Gasteiger partial charge is 0.388 e. The number of likely N-dealkylation sites (N-methyl/N-ethyl adjacent to an activating group) is 1. The van der Waals surface area contributed by atoms with E-state index in [1.54, 1.807) is 12.7 Å². The van der Waals surface area contributed by atoms with Crippen molar-refractivity contribution >= 4 is 0 Å². The Morgan fingerprint density at radius 2 is 2.05 bits per heavy atom. The Balaban J connectivity index is 1.70. The van der Waals surface area contributed by atoms with E-state index in [0.29, 0.717) is 0 Å². The molecule has 0 radical (unpaired) electrons. The van der Waals surface area contributed by atoms with E-state index in [4.69, 9.17) is 0 Å². The number of aliphatic hydroxyl groups excluding tert-OH is 1. The Labute approximate surface area is 113 Å². The van der Waals surface area contributed by atoms with E-state index in [-0.39, 0.29) is 0 Å². The van der Waals surface area contributed by atoms with Gasteiger partial charge < -0.3 is 10.0 Å². The number of benzene rings is 1. The fourth-order valence-electron chi connectivity index (χ4n) is 1.92. The standard InChI is InChI=1S/C14H20N4O/c1-17(9-10-18-12-15-11-16-18)8-7-14(19)13-5-3-2-4-6-13/h2-6,11-12,14,19H,7-10H2,1H3/t14-/m0/s1. The minimum absolute atomic E-state index is 0.393. The van der Waals surface area contributed by atoms with Crippen LogP contribution in [0.15, 0.2) is 43.0 Å². The zero-order valence-electron chi connectivity index (χ0n) is 11.2. The third-order valence-corrected chi connectivity index (χ3v) is 3.15. The van der Waals surface area contributed by atoms with Gasteiger partial charge in [-0.3, -0.25) is 4.68 Å². The molecule has 1 aromatic carbocycles. The van der Waals surface area contributed by atoms with E-state index >= 15 is 0 Å². The topological polar surface area (TPSA) is 54.2 Å². The van der Waals surface area contributed by atoms with Gasteiger partial charge in [-0.1, -0.05) is 30.3 Å². The van der Waals surface area contributed by atoms with Crippen molar-refractivity contribution in [2.45, 2.75) is 19.1 Å². The molecule has 0 aliphatic carbocycles. The van der Waals surface area contributed by atoms with Gasteiger partial charge in [-0.15, -0.1) is 0 Å². The number of aliphatic hydroxyl groups is 1. The van der Waals surface area contributed by atoms with Crippen molar-refractivity contribution in [3.63, 3.8) is 0 Å². The monoisotopic (exact) mass is 260 g/mol. The van der Waals surface area contributed by atoms with Gasteiger partial charge >= 0.3 is 0 Å². The van der Waals surface area contributed by atoms with Crippen LogP contribution in [0.1, 0.15) is 18.1 Å². The van der Waals surface area contributed by atoms with Crippen molar-refractivity contribution in [3.8, 4) is 0 Å². The van der Waals surface area contributed by atoms with Crippen LogP contribution in [0.3, 0.4) is 0 Å². The van der Waals surface area contributed by atoms with Gasteiger partial charge in [-0.05, 0) is 19.0 Å². The highest BCUT2D eigenvalue weighted by Crippen LogP contribution is 2.15. The molecule has 2 rings (SSSR count). The Morgan fingerprint density at radius 1 is 1.26 bits per heavy atom. The summed E-state index contributed by atoms with van der Waals surface area (Å²) in [6, 6.07) is 9.78. The van der Waals surface area contributed by atoms with Crippen LogP contribution in [0, 0.1) is 0 Å². The molecule has 1 N–H and O–H groups in total. The molecule has 5 nitrogen and oxygen atoms in total. The molecule has 1 aromatic heterocycles. The molecule has 0 fully saturated rings. The second kappa shape index (κ2) is 7.01. The highest BCUT2D eigenvalue weighted by atomic mass is 16.3. The van der Waals surface area contributed by atoms with Gasteiger partial charge in [0.05, 0.1) is 12.6 Å². The van der Waals surface area contributed by atoms with Gasteiger partial charge in [-0.25, -0.2) is 4.98 Å². The van der Waals surface area contributed by atoms with Crippen molar-refractivity contribution in [1.29, 1.82) is 0 Å². The number of rotatable bonds is 7. The lowest BCUT2D eigenvalue weighted by molar-refractivity contribution is 0.148. The number of hydrogen-bond acceptors (Lipinski definition) is 4. The summed E-state index contributed by atoms with van der Waals surface area (Å²) in [5.74, 6) is 0. The quantitative estimate of drug-likeness (QED) is 0.816. The molecular formula is C14H20N4O. The van der Waals surface area contributed by atoms with E-state index in [1.165, 1.54) is 0 Å². The Morgan fingerprint density at radius 3 is 2.74 bits per heavy atom. The molecule has 0 saturated heterocycles. The molecule has 0 saturated carbocycles. The predicted molar refractivity (Wildman–Crippen MR) is 73.5 cm³/mol. The van der Waals surface area contributed by atoms with E-state index in [2.05, 4.69) is 22.0 Å². The van der Waals surface area contributed by atoms with Gasteiger partial charge in [0, 0.05) is 13.1 Å². The summed E-state index contributed by atoms with van der Waals surface area (Å²) < 4.78 is 1.81. The molecule has 0 aliphatic heterocycles. The normalized spacial score (nSPS) is 12.8. The average Bonchev–Trinajstić information content (AvgIpc) is 2.96. The lowest BCUT2D eigenvalue weighted by atomic mass is 10.1. The molecule has 1 atom stereocenters. The predicted octanol–water partition coefficient (Wildman–Crippen LogP) is 1.33. The third-order valence-electron chi connectivity index (χ3n) is 3.15. The summed E-state index contributed by atoms with van der Waals surface area (Å²) >= 11 is 0. The van der Waals surface area contributed by atoms with Crippen LogP contribution >= 0.6 is 0 Å². The van der Waals surface area contributed by atoms with Crippen LogP contribution in [0.25, 0.3) is 0 Å². The van der Waals surface area contributed by atoms with Crippen LogP contribution < -0.4 is 0 Å². The summed E-state index contributed by atoms with van der Waals surface area (Å²) in [5, 5.41) is 14.1. The molecule has 19 heavy (non-hydrogen) atoms. The number of nitrogens with zero attached hydrogens (tertiary/aromatic N) is 4. The van der Waals surface area contributed by atoms with Crippen molar-refractivity contribution in [3.05, 3.63) is 48.5 Å². The first-order valence-corrected chi connectivity index (χ1v) is 6.49. The van der Waals surface area contributed by atoms with E-state index < -0.39 is 6.10 Å². The molecule has 2 aromatic rings. The maximum Gasteiger partial charge on any atom is 0.137 e. The Hall–Kier alpha value is -1.72. The maximum absolute atomic E-state index is 10.1. The number of aromatic nitrogens is 3. The summed E-state index contributed by atoms with van der Waals surface area (Å²) in [6.45, 7) is 2.56. The molecule has 0 bridgehead atoms. The molecule has 0 unspecified atom stereocenters. The zero-order chi connectivity index (χ0) is 13.5. The molecule has 1 heterocycles. The molecular weight excluding hydrogens is 240 g/mol. The Kier molecular flexibility index (Phi) is 5.06. The second-order valence-corrected chi connectivity index (χ2v) is 4.68. The van der Waals surface area contributed by atoms with Crippen LogP contribution in [0.5, 0.6) is 0 Å². The van der Waals surface area contributed by atoms with E-state index in [9.17, 15) is 5.11 Å². The minimum Gasteiger partial charge on any atom is -0.388 e. The van der Waals surface area contributed by atoms with Gasteiger partial charge in [-0.2, -0.15) is 5.10 Å². The highest BCUT2D eigenvalue weighted by Gasteiger charge is 2.08. The van der Waals surface area contributed by atoms with E-state index in [1.807, 2.05) is 35.0 Å². The molecule has 0 aliphatic rings. The van der Waals surface area contributed by atoms with E-state index in [0.717, 1.165) is 31.6 Å². The maximum atomic E-state index is 10.1. The van der Waals surface area contributed by atoms with Crippen molar-refractivity contribution in [1.82, 2.24) is 19.7 Å². The zero-order valence-corrected chi connectivity index (χ0v) is 11.2. The summed E-state index contributed by atoms with van der Waals surface area (Å²) in [6.07, 6.45) is 3.60. The van der Waals surface area contributed by atoms with Gasteiger partial charge in [0.25, 0.3) is 0 Å². The smallest absolute Gasteiger partial charge is 0.137 e. The van der Waals surface area contributed by atoms with Gasteiger partial charge in [0.1, 0.15) is 12.7 Å². The molecule has 5 heteroatoms. The first kappa shape index (κ1) is 13.7. The molecule has 0 spiro atoms. The fourth-order valence-corrected chi connectivity index (χ4v) is 1.92. The van der Waals surface area contributed by atoms with Gasteiger partial charge in [0.15, 0.2) is 0 Å². The molecule has 102 valence electrons. The first-order valence-electron chi connectivity index (χ1n) is 6.49. The van der Waals surface area contributed by atoms with Crippen LogP contribution in [0.2, 0.25) is 0 Å². The minimum atomic E-state index is -0.393. The number of hydrogen-bond donors (Lipinski definition) is 1. The highest BCUT2D eigenvalue weighted by molar-refractivity contribution is 5.17. The van der Waals surface area contributed by atoms with Crippen molar-refractivity contribution in [2.75, 3.05) is 20.1 Å². The van der Waals surface area contributed by atoms with Crippen molar-refractivity contribution < 1.29 is 5.11 Å². The SMILES string of the molecule is CN(CC[C@H](O)c1ccccc1)CCn1cncn1. The Bertz CT molecular complexity index is 458. The lowest BCUT2D eigenvalue weighted by Gasteiger charge is -2.18. The van der Waals surface area contributed by atoms with Crippen LogP contribution in [-0.2, 0) is 6.54 Å². The van der Waals surface area contributed by atoms with Crippen LogP contribution in [-0.4, -0.2) is 44.9 Å². The first-order chi connectivity index (χ1) is 9.25. The summed E-state index contributed by atoms with van der Waals surface area (Å²) in [4.78, 5) is 6.10. The average molecular weight is 260 g/mol. The van der Waals surface area contributed by atoms with Crippen molar-refractivity contribution in [2.24, 2.45) is 0 Å². The second-order valence-electron chi connectivity index (χ2n) is 4.68. The lowest BCUT2D eigenvalue weighted by Crippen LogP contribution is -2.25. The fraction of sp³-hybridized carbons (Fsp3) is 0.429. The molecule has 0 amide bonds. The summed E-state index contributed by atoms with van der Waals surface area (Å²) in [7, 11) is 2.05. The van der Waals surface area contributed by atoms with Crippen LogP contribution in [0.4, 0.5) is 0 Å². The van der Waals surface area contributed by atoms with Gasteiger partial charge in [0.2, 0.25) is 0 Å². The summed E-state index contributed by atoms with van der Waals surface area (Å²) in [5.41, 5.74) is 0.979. The third kappa shape index (κ3) is 4.46.